The summed E-state index contributed by atoms with van der Waals surface area (Å²) in [6.07, 6.45) is 3.36. The number of aliphatic hydroxyl groups excluding tert-OH is 1. The normalized spacial score (nSPS) is 13.5. The van der Waals surface area contributed by atoms with Gasteiger partial charge >= 0.3 is 0 Å². The number of benzene rings is 1. The van der Waals surface area contributed by atoms with Crippen molar-refractivity contribution >= 4 is 18.1 Å². The Morgan fingerprint density at radius 1 is 1.13 bits per heavy atom. The Morgan fingerprint density at radius 2 is 1.84 bits per heavy atom. The van der Waals surface area contributed by atoms with E-state index in [0.717, 1.165) is 12.8 Å². The summed E-state index contributed by atoms with van der Waals surface area (Å²) in [5.74, 6) is -0.601. The Labute approximate surface area is 183 Å². The number of amides is 2. The molecule has 9 nitrogen and oxygen atoms in total. The van der Waals surface area contributed by atoms with Crippen molar-refractivity contribution in [3.05, 3.63) is 48.3 Å². The topological polar surface area (TPSA) is 146 Å². The van der Waals surface area contributed by atoms with Crippen molar-refractivity contribution in [3.63, 3.8) is 0 Å². The van der Waals surface area contributed by atoms with Gasteiger partial charge in [-0.2, -0.15) is 0 Å². The maximum absolute atomic E-state index is 12.4. The van der Waals surface area contributed by atoms with Gasteiger partial charge in [-0.05, 0) is 44.7 Å². The van der Waals surface area contributed by atoms with Gasteiger partial charge in [0.05, 0.1) is 18.5 Å². The van der Waals surface area contributed by atoms with Crippen LogP contribution in [-0.4, -0.2) is 61.0 Å². The van der Waals surface area contributed by atoms with E-state index >= 15 is 0 Å². The number of hydrogen-bond donors (Lipinski definition) is 6. The molecular formula is C22H35N5O4. The summed E-state index contributed by atoms with van der Waals surface area (Å²) in [7, 11) is 0. The molecule has 0 saturated carbocycles. The highest BCUT2D eigenvalue weighted by Crippen LogP contribution is 2.02. The molecule has 2 amide bonds. The van der Waals surface area contributed by atoms with Gasteiger partial charge in [-0.3, -0.25) is 9.59 Å². The second kappa shape index (κ2) is 15.0. The predicted octanol–water partition coefficient (Wildman–Crippen LogP) is -0.442. The van der Waals surface area contributed by atoms with Gasteiger partial charge in [0.25, 0.3) is 0 Å². The molecule has 172 valence electrons. The van der Waals surface area contributed by atoms with Crippen LogP contribution in [-0.2, 0) is 20.8 Å². The SMILES string of the molecule is C=C(N)NCCC[C@@H](C=O)NC(=O)[C@H](C)NC(=O)[C@@H](CO)NCCCc1ccccc1. The first-order valence-corrected chi connectivity index (χ1v) is 10.5. The van der Waals surface area contributed by atoms with Crippen molar-refractivity contribution in [3.8, 4) is 0 Å². The Bertz CT molecular complexity index is 698. The molecule has 0 unspecified atom stereocenters. The average Bonchev–Trinajstić information content (AvgIpc) is 2.76. The standard InChI is InChI=1S/C22H35N5O4/c1-16(21(30)27-19(14-28)11-7-12-24-17(2)23)26-22(31)20(15-29)25-13-6-10-18-8-4-3-5-9-18/h3-5,8-9,14,16,19-20,24-25,29H,2,6-7,10-13,15,23H2,1H3,(H,26,31)(H,27,30)/t16-,19-,20+/m0/s1. The van der Waals surface area contributed by atoms with Crippen LogP contribution in [0.4, 0.5) is 0 Å². The molecule has 0 bridgehead atoms. The number of nitrogens with two attached hydrogens (primary N) is 1. The lowest BCUT2D eigenvalue weighted by molar-refractivity contribution is -0.131. The molecule has 0 aliphatic carbocycles. The van der Waals surface area contributed by atoms with Crippen LogP contribution >= 0.6 is 0 Å². The summed E-state index contributed by atoms with van der Waals surface area (Å²) >= 11 is 0. The van der Waals surface area contributed by atoms with Crippen LogP contribution in [0.1, 0.15) is 31.7 Å². The van der Waals surface area contributed by atoms with Gasteiger partial charge in [-0.25, -0.2) is 0 Å². The van der Waals surface area contributed by atoms with E-state index in [1.165, 1.54) is 12.5 Å². The first-order chi connectivity index (χ1) is 14.9. The van der Waals surface area contributed by atoms with Crippen molar-refractivity contribution < 1.29 is 19.5 Å². The van der Waals surface area contributed by atoms with E-state index in [1.54, 1.807) is 0 Å². The molecule has 1 aromatic carbocycles. The monoisotopic (exact) mass is 433 g/mol. The summed E-state index contributed by atoms with van der Waals surface area (Å²) in [5, 5.41) is 20.5. The van der Waals surface area contributed by atoms with Crippen molar-refractivity contribution in [2.24, 2.45) is 5.73 Å². The number of aryl methyl sites for hydroxylation is 1. The molecule has 31 heavy (non-hydrogen) atoms. The molecule has 9 heteroatoms. The Kier molecular flexibility index (Phi) is 12.6. The summed E-state index contributed by atoms with van der Waals surface area (Å²) in [6, 6.07) is 7.65. The van der Waals surface area contributed by atoms with E-state index < -0.39 is 29.9 Å². The fraction of sp³-hybridized carbons (Fsp3) is 0.500. The van der Waals surface area contributed by atoms with Crippen molar-refractivity contribution in [2.45, 2.75) is 50.7 Å². The third-order valence-electron chi connectivity index (χ3n) is 4.66. The molecule has 0 fully saturated rings. The van der Waals surface area contributed by atoms with E-state index in [9.17, 15) is 19.5 Å². The molecular weight excluding hydrogens is 398 g/mol. The molecule has 0 aromatic heterocycles. The number of hydrogen-bond acceptors (Lipinski definition) is 7. The lowest BCUT2D eigenvalue weighted by Gasteiger charge is -2.21. The lowest BCUT2D eigenvalue weighted by atomic mass is 10.1. The van der Waals surface area contributed by atoms with E-state index in [-0.39, 0.29) is 6.61 Å². The highest BCUT2D eigenvalue weighted by Gasteiger charge is 2.23. The molecule has 0 spiro atoms. The number of aliphatic hydroxyl groups is 1. The minimum absolute atomic E-state index is 0.343. The number of carbonyl (C=O) groups is 3. The molecule has 0 aliphatic rings. The second-order valence-electron chi connectivity index (χ2n) is 7.35. The van der Waals surface area contributed by atoms with Crippen LogP contribution in [0.25, 0.3) is 0 Å². The van der Waals surface area contributed by atoms with Crippen LogP contribution in [0.3, 0.4) is 0 Å². The minimum Gasteiger partial charge on any atom is -0.394 e. The van der Waals surface area contributed by atoms with E-state index in [2.05, 4.69) is 27.8 Å². The Hall–Kier alpha value is -2.91. The minimum atomic E-state index is -0.850. The summed E-state index contributed by atoms with van der Waals surface area (Å²) in [4.78, 5) is 35.9. The van der Waals surface area contributed by atoms with E-state index in [0.29, 0.717) is 38.0 Å². The quantitative estimate of drug-likeness (QED) is 0.153. The third-order valence-corrected chi connectivity index (χ3v) is 4.66. The van der Waals surface area contributed by atoms with Crippen LogP contribution in [0.5, 0.6) is 0 Å². The molecule has 1 rings (SSSR count). The summed E-state index contributed by atoms with van der Waals surface area (Å²) in [5.41, 5.74) is 6.60. The first-order valence-electron chi connectivity index (χ1n) is 10.5. The van der Waals surface area contributed by atoms with Crippen molar-refractivity contribution in [1.82, 2.24) is 21.3 Å². The second-order valence-corrected chi connectivity index (χ2v) is 7.35. The molecule has 0 aliphatic heterocycles. The molecule has 3 atom stereocenters. The fourth-order valence-corrected chi connectivity index (χ4v) is 2.89. The zero-order valence-electron chi connectivity index (χ0n) is 18.1. The van der Waals surface area contributed by atoms with Gasteiger partial charge in [-0.15, -0.1) is 0 Å². The number of carbonyl (C=O) groups excluding carboxylic acids is 3. The van der Waals surface area contributed by atoms with Gasteiger partial charge in [-0.1, -0.05) is 36.9 Å². The zero-order valence-corrected chi connectivity index (χ0v) is 18.1. The van der Waals surface area contributed by atoms with Gasteiger partial charge in [0.1, 0.15) is 18.4 Å². The smallest absolute Gasteiger partial charge is 0.242 e. The maximum Gasteiger partial charge on any atom is 0.242 e. The van der Waals surface area contributed by atoms with Crippen LogP contribution in [0.2, 0.25) is 0 Å². The fourth-order valence-electron chi connectivity index (χ4n) is 2.89. The van der Waals surface area contributed by atoms with Crippen LogP contribution in [0.15, 0.2) is 42.7 Å². The molecule has 0 radical (unpaired) electrons. The summed E-state index contributed by atoms with van der Waals surface area (Å²) < 4.78 is 0. The third kappa shape index (κ3) is 11.2. The van der Waals surface area contributed by atoms with E-state index in [4.69, 9.17) is 5.73 Å². The van der Waals surface area contributed by atoms with Gasteiger partial charge < -0.3 is 36.9 Å². The van der Waals surface area contributed by atoms with Crippen LogP contribution < -0.4 is 27.0 Å². The average molecular weight is 434 g/mol. The Balaban J connectivity index is 2.36. The molecule has 7 N–H and O–H groups in total. The summed E-state index contributed by atoms with van der Waals surface area (Å²) in [6.45, 7) is 5.74. The molecule has 1 aromatic rings. The molecule has 0 heterocycles. The molecule has 0 saturated heterocycles. The van der Waals surface area contributed by atoms with Gasteiger partial charge in [0.2, 0.25) is 11.8 Å². The maximum atomic E-state index is 12.4. The highest BCUT2D eigenvalue weighted by atomic mass is 16.3. The van der Waals surface area contributed by atoms with E-state index in [1.807, 2.05) is 30.3 Å². The van der Waals surface area contributed by atoms with Gasteiger partial charge in [0, 0.05) is 6.54 Å². The van der Waals surface area contributed by atoms with Crippen molar-refractivity contribution in [2.75, 3.05) is 19.7 Å². The Morgan fingerprint density at radius 3 is 2.45 bits per heavy atom. The largest absolute Gasteiger partial charge is 0.394 e. The number of rotatable bonds is 16. The first kappa shape index (κ1) is 26.1. The lowest BCUT2D eigenvalue weighted by Crippen LogP contribution is -2.54. The predicted molar refractivity (Wildman–Crippen MR) is 120 cm³/mol. The highest BCUT2D eigenvalue weighted by molar-refractivity contribution is 5.90. The van der Waals surface area contributed by atoms with Crippen molar-refractivity contribution in [1.29, 1.82) is 0 Å². The van der Waals surface area contributed by atoms with Crippen LogP contribution in [0, 0.1) is 0 Å². The number of nitrogens with one attached hydrogen (secondary N) is 4. The van der Waals surface area contributed by atoms with Gasteiger partial charge in [0.15, 0.2) is 0 Å². The number of aldehydes is 1. The zero-order chi connectivity index (χ0) is 23.1.